The highest BCUT2D eigenvalue weighted by Crippen LogP contribution is 2.30. The molecule has 0 atom stereocenters. The van der Waals surface area contributed by atoms with Crippen LogP contribution in [0.2, 0.25) is 0 Å². The lowest BCUT2D eigenvalue weighted by Gasteiger charge is -2.25. The zero-order valence-corrected chi connectivity index (χ0v) is 16.8. The van der Waals surface area contributed by atoms with Crippen molar-refractivity contribution in [2.75, 3.05) is 11.4 Å². The van der Waals surface area contributed by atoms with Gasteiger partial charge in [-0.3, -0.25) is 14.4 Å². The van der Waals surface area contributed by atoms with Crippen molar-refractivity contribution in [3.8, 4) is 5.75 Å². The minimum absolute atomic E-state index is 0.0693. The smallest absolute Gasteiger partial charge is 0.270 e. The van der Waals surface area contributed by atoms with E-state index < -0.39 is 14.9 Å². The third-order valence-corrected chi connectivity index (χ3v) is 6.14. The number of nitro groups is 1. The highest BCUT2D eigenvalue weighted by molar-refractivity contribution is 7.92. The van der Waals surface area contributed by atoms with Crippen molar-refractivity contribution in [2.45, 2.75) is 18.4 Å². The van der Waals surface area contributed by atoms with Gasteiger partial charge in [-0.25, -0.2) is 8.42 Å². The highest BCUT2D eigenvalue weighted by atomic mass is 32.2. The van der Waals surface area contributed by atoms with Crippen molar-refractivity contribution in [3.05, 3.63) is 94.0 Å². The fraction of sp³-hybridized carbons (Fsp3) is 0.143. The molecule has 0 unspecified atom stereocenters. The predicted octanol–water partition coefficient (Wildman–Crippen LogP) is 4.31. The molecule has 0 saturated carbocycles. The maximum absolute atomic E-state index is 13.5. The lowest BCUT2D eigenvalue weighted by molar-refractivity contribution is -0.385. The van der Waals surface area contributed by atoms with Crippen molar-refractivity contribution in [3.63, 3.8) is 0 Å². The number of nitro benzene ring substituents is 1. The summed E-state index contributed by atoms with van der Waals surface area (Å²) in [6.07, 6.45) is 0. The molecule has 29 heavy (non-hydrogen) atoms. The Morgan fingerprint density at radius 2 is 1.72 bits per heavy atom. The first-order valence-electron chi connectivity index (χ1n) is 8.78. The standard InChI is InChI=1S/C21H20N2O5S/c1-16-6-3-7-17(12-16)15-22(18-8-4-10-20(13-18)28-2)29(26,27)21-11-5-9-19(14-21)23(24)25/h3-14H,15H2,1-2H3. The zero-order valence-electron chi connectivity index (χ0n) is 16.0. The van der Waals surface area contributed by atoms with Gasteiger partial charge in [0.15, 0.2) is 0 Å². The van der Waals surface area contributed by atoms with Crippen molar-refractivity contribution < 1.29 is 18.1 Å². The number of non-ortho nitro benzene ring substituents is 1. The number of anilines is 1. The fourth-order valence-corrected chi connectivity index (χ4v) is 4.43. The Labute approximate surface area is 169 Å². The Balaban J connectivity index is 2.12. The SMILES string of the molecule is COc1cccc(N(Cc2cccc(C)c2)S(=O)(=O)c2cccc([N+](=O)[O-])c2)c1. The molecule has 3 aromatic rings. The Bertz CT molecular complexity index is 1150. The van der Waals surface area contributed by atoms with Crippen LogP contribution in [0.15, 0.2) is 77.7 Å². The second-order valence-corrected chi connectivity index (χ2v) is 8.32. The van der Waals surface area contributed by atoms with Gasteiger partial charge in [-0.2, -0.15) is 0 Å². The molecular formula is C21H20N2O5S. The van der Waals surface area contributed by atoms with Crippen LogP contribution in [0, 0.1) is 17.0 Å². The number of methoxy groups -OCH3 is 1. The Morgan fingerprint density at radius 1 is 1.00 bits per heavy atom. The van der Waals surface area contributed by atoms with Crippen molar-refractivity contribution in [1.29, 1.82) is 0 Å². The van der Waals surface area contributed by atoms with E-state index in [9.17, 15) is 18.5 Å². The number of benzene rings is 3. The molecule has 0 radical (unpaired) electrons. The molecule has 0 aliphatic rings. The van der Waals surface area contributed by atoms with Crippen LogP contribution in [0.4, 0.5) is 11.4 Å². The fourth-order valence-electron chi connectivity index (χ4n) is 2.94. The maximum atomic E-state index is 13.5. The molecule has 0 heterocycles. The number of aryl methyl sites for hydroxylation is 1. The van der Waals surface area contributed by atoms with E-state index in [0.717, 1.165) is 17.2 Å². The van der Waals surface area contributed by atoms with E-state index >= 15 is 0 Å². The number of rotatable bonds is 7. The second kappa shape index (κ2) is 8.32. The summed E-state index contributed by atoms with van der Waals surface area (Å²) >= 11 is 0. The molecule has 0 fully saturated rings. The second-order valence-electron chi connectivity index (χ2n) is 6.46. The van der Waals surface area contributed by atoms with Crippen LogP contribution in [0.1, 0.15) is 11.1 Å². The third-order valence-electron chi connectivity index (χ3n) is 4.37. The van der Waals surface area contributed by atoms with Gasteiger partial charge in [0.05, 0.1) is 29.2 Å². The summed E-state index contributed by atoms with van der Waals surface area (Å²) in [4.78, 5) is 10.3. The molecule has 3 rings (SSSR count). The molecule has 8 heteroatoms. The Morgan fingerprint density at radius 3 is 2.41 bits per heavy atom. The summed E-state index contributed by atoms with van der Waals surface area (Å²) in [6.45, 7) is 1.99. The quantitative estimate of drug-likeness (QED) is 0.426. The van der Waals surface area contributed by atoms with E-state index in [0.29, 0.717) is 11.4 Å². The topological polar surface area (TPSA) is 89.8 Å². The first kappa shape index (κ1) is 20.3. The minimum atomic E-state index is -4.07. The maximum Gasteiger partial charge on any atom is 0.270 e. The molecule has 0 spiro atoms. The zero-order chi connectivity index (χ0) is 21.0. The Hall–Kier alpha value is -3.39. The van der Waals surface area contributed by atoms with Crippen molar-refractivity contribution >= 4 is 21.4 Å². The monoisotopic (exact) mass is 412 g/mol. The van der Waals surface area contributed by atoms with E-state index in [2.05, 4.69) is 0 Å². The van der Waals surface area contributed by atoms with Crippen LogP contribution in [-0.2, 0) is 16.6 Å². The van der Waals surface area contributed by atoms with Gasteiger partial charge in [-0.15, -0.1) is 0 Å². The lowest BCUT2D eigenvalue weighted by atomic mass is 10.1. The van der Waals surface area contributed by atoms with E-state index in [1.165, 1.54) is 29.6 Å². The molecule has 0 aromatic heterocycles. The van der Waals surface area contributed by atoms with Crippen LogP contribution >= 0.6 is 0 Å². The van der Waals surface area contributed by atoms with Crippen LogP contribution in [0.25, 0.3) is 0 Å². The Kier molecular flexibility index (Phi) is 5.84. The van der Waals surface area contributed by atoms with Gasteiger partial charge in [0.2, 0.25) is 0 Å². The molecule has 3 aromatic carbocycles. The number of hydrogen-bond donors (Lipinski definition) is 0. The predicted molar refractivity (Wildman–Crippen MR) is 111 cm³/mol. The summed E-state index contributed by atoms with van der Waals surface area (Å²) in [6, 6.07) is 19.2. The molecule has 150 valence electrons. The van der Waals surface area contributed by atoms with E-state index in [4.69, 9.17) is 4.74 Å². The highest BCUT2D eigenvalue weighted by Gasteiger charge is 2.27. The summed E-state index contributed by atoms with van der Waals surface area (Å²) in [5, 5.41) is 11.1. The molecular weight excluding hydrogens is 392 g/mol. The van der Waals surface area contributed by atoms with Gasteiger partial charge >= 0.3 is 0 Å². The molecule has 0 amide bonds. The first-order valence-corrected chi connectivity index (χ1v) is 10.2. The average Bonchev–Trinajstić information content (AvgIpc) is 2.72. The lowest BCUT2D eigenvalue weighted by Crippen LogP contribution is -2.30. The molecule has 0 saturated heterocycles. The molecule has 0 N–H and O–H groups in total. The third kappa shape index (κ3) is 4.55. The number of ether oxygens (including phenoxy) is 1. The van der Waals surface area contributed by atoms with Crippen molar-refractivity contribution in [1.82, 2.24) is 0 Å². The van der Waals surface area contributed by atoms with Gasteiger partial charge in [-0.1, -0.05) is 42.0 Å². The first-order chi connectivity index (χ1) is 13.8. The normalized spacial score (nSPS) is 11.1. The van der Waals surface area contributed by atoms with Gasteiger partial charge in [0.25, 0.3) is 15.7 Å². The van der Waals surface area contributed by atoms with Crippen LogP contribution < -0.4 is 9.04 Å². The average molecular weight is 412 g/mol. The summed E-state index contributed by atoms with van der Waals surface area (Å²) in [5.41, 5.74) is 1.91. The van der Waals surface area contributed by atoms with Crippen LogP contribution in [0.5, 0.6) is 5.75 Å². The van der Waals surface area contributed by atoms with Gasteiger partial charge in [0, 0.05) is 18.2 Å². The largest absolute Gasteiger partial charge is 0.497 e. The summed E-state index contributed by atoms with van der Waals surface area (Å²) in [7, 11) is -2.57. The van der Waals surface area contributed by atoms with Crippen LogP contribution in [-0.4, -0.2) is 20.5 Å². The molecule has 7 nitrogen and oxygen atoms in total. The van der Waals surface area contributed by atoms with Crippen molar-refractivity contribution in [2.24, 2.45) is 0 Å². The molecule has 0 aliphatic heterocycles. The summed E-state index contributed by atoms with van der Waals surface area (Å²) in [5.74, 6) is 0.506. The van der Waals surface area contributed by atoms with Gasteiger partial charge in [-0.05, 0) is 30.7 Å². The van der Waals surface area contributed by atoms with Gasteiger partial charge in [0.1, 0.15) is 5.75 Å². The minimum Gasteiger partial charge on any atom is -0.497 e. The number of hydrogen-bond acceptors (Lipinski definition) is 5. The van der Waals surface area contributed by atoms with E-state index in [1.807, 2.05) is 31.2 Å². The van der Waals surface area contributed by atoms with E-state index in [1.54, 1.807) is 24.3 Å². The van der Waals surface area contributed by atoms with Crippen LogP contribution in [0.3, 0.4) is 0 Å². The summed E-state index contributed by atoms with van der Waals surface area (Å²) < 4.78 is 33.4. The number of sulfonamides is 1. The van der Waals surface area contributed by atoms with Gasteiger partial charge < -0.3 is 4.74 Å². The molecule has 0 bridgehead atoms. The number of nitrogens with zero attached hydrogens (tertiary/aromatic N) is 2. The molecule has 0 aliphatic carbocycles. The van der Waals surface area contributed by atoms with E-state index in [-0.39, 0.29) is 17.1 Å².